The van der Waals surface area contributed by atoms with Gasteiger partial charge in [-0.05, 0) is 30.4 Å². The van der Waals surface area contributed by atoms with Gasteiger partial charge in [-0.3, -0.25) is 5.73 Å². The van der Waals surface area contributed by atoms with Gasteiger partial charge in [0.15, 0.2) is 0 Å². The summed E-state index contributed by atoms with van der Waals surface area (Å²) in [5, 5.41) is 19.1. The van der Waals surface area contributed by atoms with Gasteiger partial charge in [-0.1, -0.05) is 18.2 Å². The van der Waals surface area contributed by atoms with Gasteiger partial charge < -0.3 is 10.2 Å². The van der Waals surface area contributed by atoms with Crippen molar-refractivity contribution in [1.82, 2.24) is 0 Å². The Balaban J connectivity index is 2.55. The lowest BCUT2D eigenvalue weighted by molar-refractivity contribution is 0.0251. The summed E-state index contributed by atoms with van der Waals surface area (Å²) < 4.78 is 0. The van der Waals surface area contributed by atoms with E-state index in [1.807, 2.05) is 18.2 Å². The highest BCUT2D eigenvalue weighted by atomic mass is 16.3. The van der Waals surface area contributed by atoms with Crippen molar-refractivity contribution in [2.24, 2.45) is 5.73 Å². The summed E-state index contributed by atoms with van der Waals surface area (Å²) in [6, 6.07) is 5.54. The molecule has 0 bridgehead atoms. The fourth-order valence-corrected chi connectivity index (χ4v) is 2.15. The zero-order valence-corrected chi connectivity index (χ0v) is 8.03. The first-order valence-electron chi connectivity index (χ1n) is 4.88. The predicted molar refractivity (Wildman–Crippen MR) is 53.4 cm³/mol. The summed E-state index contributed by atoms with van der Waals surface area (Å²) >= 11 is 0. The van der Waals surface area contributed by atoms with Crippen molar-refractivity contribution >= 4 is 0 Å². The van der Waals surface area contributed by atoms with Gasteiger partial charge in [-0.15, -0.1) is 0 Å². The van der Waals surface area contributed by atoms with Crippen LogP contribution in [-0.4, -0.2) is 10.2 Å². The average Bonchev–Trinajstić information content (AvgIpc) is 2.17. The van der Waals surface area contributed by atoms with Gasteiger partial charge in [-0.2, -0.15) is 0 Å². The predicted octanol–water partition coefficient (Wildman–Crippen LogP) is 0.619. The summed E-state index contributed by atoms with van der Waals surface area (Å²) in [5.41, 5.74) is 7.25. The SMILES string of the molecule is NC1(O)CCCc2c(CO)cccc21. The number of nitrogens with two attached hydrogens (primary N) is 1. The molecule has 1 aliphatic rings. The monoisotopic (exact) mass is 193 g/mol. The quantitative estimate of drug-likeness (QED) is 0.573. The first-order valence-corrected chi connectivity index (χ1v) is 4.88. The molecule has 0 saturated heterocycles. The van der Waals surface area contributed by atoms with E-state index < -0.39 is 5.72 Å². The maximum atomic E-state index is 9.94. The zero-order chi connectivity index (χ0) is 10.2. The number of fused-ring (bicyclic) bond motifs is 1. The Kier molecular flexibility index (Phi) is 2.31. The van der Waals surface area contributed by atoms with Crippen LogP contribution in [0.5, 0.6) is 0 Å². The molecule has 1 atom stereocenters. The van der Waals surface area contributed by atoms with E-state index in [1.165, 1.54) is 0 Å². The molecule has 0 aromatic heterocycles. The fourth-order valence-electron chi connectivity index (χ4n) is 2.15. The smallest absolute Gasteiger partial charge is 0.139 e. The molecule has 1 aliphatic carbocycles. The third-order valence-electron chi connectivity index (χ3n) is 2.89. The number of rotatable bonds is 1. The molecule has 14 heavy (non-hydrogen) atoms. The summed E-state index contributed by atoms with van der Waals surface area (Å²) in [7, 11) is 0. The summed E-state index contributed by atoms with van der Waals surface area (Å²) in [4.78, 5) is 0. The third-order valence-corrected chi connectivity index (χ3v) is 2.89. The van der Waals surface area contributed by atoms with Crippen LogP contribution in [0.4, 0.5) is 0 Å². The summed E-state index contributed by atoms with van der Waals surface area (Å²) in [6.07, 6.45) is 2.36. The standard InChI is InChI=1S/C11H15NO2/c12-11(14)6-2-4-9-8(7-13)3-1-5-10(9)11/h1,3,5,13-14H,2,4,6-7,12H2. The Labute approximate surface area is 83.2 Å². The van der Waals surface area contributed by atoms with E-state index in [9.17, 15) is 5.11 Å². The molecule has 0 spiro atoms. The highest BCUT2D eigenvalue weighted by molar-refractivity contribution is 5.39. The van der Waals surface area contributed by atoms with Crippen LogP contribution in [0.15, 0.2) is 18.2 Å². The molecule has 0 saturated carbocycles. The van der Waals surface area contributed by atoms with Crippen molar-refractivity contribution in [2.45, 2.75) is 31.6 Å². The summed E-state index contributed by atoms with van der Waals surface area (Å²) in [6.45, 7) is 0.0131. The van der Waals surface area contributed by atoms with Crippen LogP contribution < -0.4 is 5.73 Å². The van der Waals surface area contributed by atoms with Gasteiger partial charge in [0.05, 0.1) is 6.61 Å². The lowest BCUT2D eigenvalue weighted by atomic mass is 9.83. The highest BCUT2D eigenvalue weighted by Gasteiger charge is 2.30. The highest BCUT2D eigenvalue weighted by Crippen LogP contribution is 2.32. The van der Waals surface area contributed by atoms with Gasteiger partial charge in [0.2, 0.25) is 0 Å². The van der Waals surface area contributed by atoms with Crippen LogP contribution in [0.25, 0.3) is 0 Å². The second-order valence-corrected chi connectivity index (χ2v) is 3.88. The van der Waals surface area contributed by atoms with E-state index >= 15 is 0 Å². The van der Waals surface area contributed by atoms with Gasteiger partial charge in [0.1, 0.15) is 5.72 Å². The minimum absolute atomic E-state index is 0.0131. The second-order valence-electron chi connectivity index (χ2n) is 3.88. The number of aliphatic hydroxyl groups is 2. The van der Waals surface area contributed by atoms with Crippen molar-refractivity contribution in [1.29, 1.82) is 0 Å². The van der Waals surface area contributed by atoms with Crippen molar-refractivity contribution in [3.05, 3.63) is 34.9 Å². The van der Waals surface area contributed by atoms with Crippen LogP contribution in [0, 0.1) is 0 Å². The van der Waals surface area contributed by atoms with E-state index in [2.05, 4.69) is 0 Å². The molecular weight excluding hydrogens is 178 g/mol. The molecule has 0 amide bonds. The molecule has 1 aromatic rings. The van der Waals surface area contributed by atoms with Crippen LogP contribution >= 0.6 is 0 Å². The van der Waals surface area contributed by atoms with Crippen molar-refractivity contribution in [3.8, 4) is 0 Å². The Morgan fingerprint density at radius 2 is 2.21 bits per heavy atom. The second kappa shape index (κ2) is 3.35. The Hall–Kier alpha value is -0.900. The number of hydrogen-bond donors (Lipinski definition) is 3. The van der Waals surface area contributed by atoms with Crippen LogP contribution in [0.2, 0.25) is 0 Å². The molecule has 1 aromatic carbocycles. The van der Waals surface area contributed by atoms with Gasteiger partial charge in [0, 0.05) is 5.56 Å². The molecule has 1 unspecified atom stereocenters. The average molecular weight is 193 g/mol. The largest absolute Gasteiger partial charge is 0.392 e. The minimum atomic E-state index is -1.21. The molecule has 0 aliphatic heterocycles. The maximum Gasteiger partial charge on any atom is 0.139 e. The van der Waals surface area contributed by atoms with E-state index in [0.29, 0.717) is 6.42 Å². The van der Waals surface area contributed by atoms with Crippen molar-refractivity contribution in [3.63, 3.8) is 0 Å². The maximum absolute atomic E-state index is 9.94. The molecular formula is C11H15NO2. The molecule has 2 rings (SSSR count). The van der Waals surface area contributed by atoms with Gasteiger partial charge in [0.25, 0.3) is 0 Å². The molecule has 3 nitrogen and oxygen atoms in total. The van der Waals surface area contributed by atoms with E-state index in [1.54, 1.807) is 0 Å². The molecule has 76 valence electrons. The van der Waals surface area contributed by atoms with Crippen LogP contribution in [0.1, 0.15) is 29.5 Å². The van der Waals surface area contributed by atoms with E-state index in [4.69, 9.17) is 10.8 Å². The van der Waals surface area contributed by atoms with E-state index in [-0.39, 0.29) is 6.61 Å². The number of hydrogen-bond acceptors (Lipinski definition) is 3. The molecule has 3 heteroatoms. The molecule has 0 heterocycles. The lowest BCUT2D eigenvalue weighted by Crippen LogP contribution is -2.40. The zero-order valence-electron chi connectivity index (χ0n) is 8.03. The first-order chi connectivity index (χ1) is 6.65. The molecule has 0 radical (unpaired) electrons. The Morgan fingerprint density at radius 3 is 2.93 bits per heavy atom. The number of benzene rings is 1. The van der Waals surface area contributed by atoms with Crippen molar-refractivity contribution in [2.75, 3.05) is 0 Å². The molecule has 4 N–H and O–H groups in total. The fraction of sp³-hybridized carbons (Fsp3) is 0.455. The minimum Gasteiger partial charge on any atom is -0.392 e. The first kappa shape index (κ1) is 9.65. The Bertz CT molecular complexity index is 347. The number of aliphatic hydroxyl groups excluding tert-OH is 1. The molecule has 0 fully saturated rings. The topological polar surface area (TPSA) is 66.5 Å². The summed E-state index contributed by atoms with van der Waals surface area (Å²) in [5.74, 6) is 0. The van der Waals surface area contributed by atoms with Gasteiger partial charge >= 0.3 is 0 Å². The van der Waals surface area contributed by atoms with Crippen molar-refractivity contribution < 1.29 is 10.2 Å². The van der Waals surface area contributed by atoms with E-state index in [0.717, 1.165) is 29.5 Å². The normalized spacial score (nSPS) is 25.9. The third kappa shape index (κ3) is 1.43. The van der Waals surface area contributed by atoms with Crippen LogP contribution in [0.3, 0.4) is 0 Å². The Morgan fingerprint density at radius 1 is 1.43 bits per heavy atom. The lowest BCUT2D eigenvalue weighted by Gasteiger charge is -2.31. The van der Waals surface area contributed by atoms with Gasteiger partial charge in [-0.25, -0.2) is 0 Å². The van der Waals surface area contributed by atoms with Crippen LogP contribution in [-0.2, 0) is 18.8 Å².